The molecule has 1 saturated carbocycles. The van der Waals surface area contributed by atoms with E-state index in [1.807, 2.05) is 12.1 Å². The van der Waals surface area contributed by atoms with Gasteiger partial charge in [0, 0.05) is 11.6 Å². The van der Waals surface area contributed by atoms with E-state index in [-0.39, 0.29) is 12.8 Å². The Morgan fingerprint density at radius 2 is 2.00 bits per heavy atom. The summed E-state index contributed by atoms with van der Waals surface area (Å²) in [6.07, 6.45) is 1.71. The van der Waals surface area contributed by atoms with Gasteiger partial charge in [0.15, 0.2) is 0 Å². The first-order chi connectivity index (χ1) is 11.4. The Labute approximate surface area is 145 Å². The van der Waals surface area contributed by atoms with Gasteiger partial charge in [-0.3, -0.25) is 9.69 Å². The van der Waals surface area contributed by atoms with Gasteiger partial charge in [-0.2, -0.15) is 0 Å². The van der Waals surface area contributed by atoms with Gasteiger partial charge in [0.2, 0.25) is 0 Å². The number of carbonyl (C=O) groups excluding carboxylic acids is 2. The van der Waals surface area contributed by atoms with Crippen LogP contribution in [-0.4, -0.2) is 35.2 Å². The van der Waals surface area contributed by atoms with Crippen LogP contribution in [0.1, 0.15) is 36.8 Å². The van der Waals surface area contributed by atoms with E-state index in [2.05, 4.69) is 9.64 Å². The first-order valence-corrected chi connectivity index (χ1v) is 8.50. The number of ether oxygens (including phenoxy) is 1. The van der Waals surface area contributed by atoms with Crippen molar-refractivity contribution in [3.8, 4) is 0 Å². The molecule has 24 heavy (non-hydrogen) atoms. The Bertz CT molecular complexity index is 652. The molecule has 2 fully saturated rings. The number of halogens is 1. The van der Waals surface area contributed by atoms with Crippen molar-refractivity contribution in [3.05, 3.63) is 34.3 Å². The average Bonchev–Trinajstić information content (AvgIpc) is 2.98. The second-order valence-electron chi connectivity index (χ2n) is 6.67. The molecule has 0 spiro atoms. The summed E-state index contributed by atoms with van der Waals surface area (Å²) in [6, 6.07) is 5.55. The summed E-state index contributed by atoms with van der Waals surface area (Å²) in [6.45, 7) is 2.99. The maximum atomic E-state index is 11.6. The van der Waals surface area contributed by atoms with Gasteiger partial charge in [-0.1, -0.05) is 23.7 Å². The number of hydrogen-bond donors (Lipinski definition) is 2. The van der Waals surface area contributed by atoms with Crippen LogP contribution < -0.4 is 5.73 Å². The SMILES string of the molecule is NC(=O)OC(=O)C1CC(O)(c2ccc(CN3CCCC3)c(Cl)c2)C1. The van der Waals surface area contributed by atoms with Crippen molar-refractivity contribution in [2.75, 3.05) is 13.1 Å². The molecule has 1 aromatic rings. The van der Waals surface area contributed by atoms with E-state index in [1.165, 1.54) is 12.8 Å². The third-order valence-corrected chi connectivity index (χ3v) is 5.24. The maximum Gasteiger partial charge on any atom is 0.412 e. The molecule has 1 aliphatic carbocycles. The number of primary amides is 1. The zero-order valence-electron chi connectivity index (χ0n) is 13.3. The molecule has 2 aliphatic rings. The minimum absolute atomic E-state index is 0.195. The Morgan fingerprint density at radius 3 is 2.58 bits per heavy atom. The summed E-state index contributed by atoms with van der Waals surface area (Å²) >= 11 is 6.37. The Kier molecular flexibility index (Phi) is 4.80. The second-order valence-corrected chi connectivity index (χ2v) is 7.07. The molecule has 0 unspecified atom stereocenters. The van der Waals surface area contributed by atoms with Crippen molar-refractivity contribution in [1.82, 2.24) is 4.90 Å². The molecule has 1 amide bonds. The molecule has 7 heteroatoms. The molecule has 1 aliphatic heterocycles. The van der Waals surface area contributed by atoms with Gasteiger partial charge < -0.3 is 15.6 Å². The molecule has 1 heterocycles. The molecule has 130 valence electrons. The highest BCUT2D eigenvalue weighted by atomic mass is 35.5. The number of benzene rings is 1. The zero-order valence-corrected chi connectivity index (χ0v) is 14.1. The molecule has 6 nitrogen and oxygen atoms in total. The third kappa shape index (κ3) is 3.55. The fourth-order valence-corrected chi connectivity index (χ4v) is 3.73. The van der Waals surface area contributed by atoms with Crippen molar-refractivity contribution in [2.45, 2.75) is 37.8 Å². The van der Waals surface area contributed by atoms with Crippen LogP contribution in [0, 0.1) is 5.92 Å². The van der Waals surface area contributed by atoms with Crippen LogP contribution in [0.5, 0.6) is 0 Å². The van der Waals surface area contributed by atoms with Crippen LogP contribution in [-0.2, 0) is 21.7 Å². The highest BCUT2D eigenvalue weighted by Gasteiger charge is 2.48. The largest absolute Gasteiger partial charge is 0.412 e. The molecule has 0 aromatic heterocycles. The van der Waals surface area contributed by atoms with E-state index in [1.54, 1.807) is 6.07 Å². The number of hydrogen-bond acceptors (Lipinski definition) is 5. The second kappa shape index (κ2) is 6.70. The number of carbonyl (C=O) groups is 2. The zero-order chi connectivity index (χ0) is 17.3. The summed E-state index contributed by atoms with van der Waals surface area (Å²) in [4.78, 5) is 24.6. The maximum absolute atomic E-state index is 11.6. The summed E-state index contributed by atoms with van der Waals surface area (Å²) in [5.41, 5.74) is 5.43. The number of nitrogens with two attached hydrogens (primary N) is 1. The molecule has 0 atom stereocenters. The molecule has 1 aromatic carbocycles. The van der Waals surface area contributed by atoms with Crippen LogP contribution in [0.15, 0.2) is 18.2 Å². The van der Waals surface area contributed by atoms with Gasteiger partial charge in [-0.25, -0.2) is 4.79 Å². The normalized spacial score (nSPS) is 26.8. The summed E-state index contributed by atoms with van der Waals surface area (Å²) in [7, 11) is 0. The van der Waals surface area contributed by atoms with E-state index < -0.39 is 23.6 Å². The highest BCUT2D eigenvalue weighted by molar-refractivity contribution is 6.31. The first-order valence-electron chi connectivity index (χ1n) is 8.12. The van der Waals surface area contributed by atoms with Crippen molar-refractivity contribution in [1.29, 1.82) is 0 Å². The first kappa shape index (κ1) is 17.2. The number of aliphatic hydroxyl groups is 1. The molecule has 1 saturated heterocycles. The quantitative estimate of drug-likeness (QED) is 0.639. The van der Waals surface area contributed by atoms with Crippen LogP contribution in [0.4, 0.5) is 4.79 Å². The molecule has 3 rings (SSSR count). The van der Waals surface area contributed by atoms with E-state index in [0.717, 1.165) is 25.2 Å². The fraction of sp³-hybridized carbons (Fsp3) is 0.529. The van der Waals surface area contributed by atoms with Gasteiger partial charge in [0.25, 0.3) is 0 Å². The molecule has 3 N–H and O–H groups in total. The van der Waals surface area contributed by atoms with E-state index >= 15 is 0 Å². The van der Waals surface area contributed by atoms with Crippen molar-refractivity contribution in [3.63, 3.8) is 0 Å². The third-order valence-electron chi connectivity index (χ3n) is 4.89. The summed E-state index contributed by atoms with van der Waals surface area (Å²) in [5, 5.41) is 11.3. The standard InChI is InChI=1S/C17H21ClN2O4/c18-14-7-13(4-3-11(14)10-20-5-1-2-6-20)17(23)8-12(9-17)15(21)24-16(19)22/h3-4,7,12,23H,1-2,5-6,8-10H2,(H2,19,22). The molecular weight excluding hydrogens is 332 g/mol. The fourth-order valence-electron chi connectivity index (χ4n) is 3.49. The van der Waals surface area contributed by atoms with Crippen molar-refractivity contribution < 1.29 is 19.4 Å². The lowest BCUT2D eigenvalue weighted by atomic mass is 9.67. The Balaban J connectivity index is 1.64. The highest BCUT2D eigenvalue weighted by Crippen LogP contribution is 2.46. The molecule has 0 bridgehead atoms. The Morgan fingerprint density at radius 1 is 1.33 bits per heavy atom. The topological polar surface area (TPSA) is 92.9 Å². The average molecular weight is 353 g/mol. The summed E-state index contributed by atoms with van der Waals surface area (Å²) in [5.74, 6) is -1.21. The van der Waals surface area contributed by atoms with Crippen molar-refractivity contribution in [2.24, 2.45) is 11.7 Å². The predicted molar refractivity (Wildman–Crippen MR) is 88.3 cm³/mol. The van der Waals surface area contributed by atoms with Gasteiger partial charge in [0.05, 0.1) is 11.5 Å². The number of amides is 1. The van der Waals surface area contributed by atoms with Crippen LogP contribution in [0.2, 0.25) is 5.02 Å². The number of rotatable bonds is 4. The lowest BCUT2D eigenvalue weighted by molar-refractivity contribution is -0.159. The van der Waals surface area contributed by atoms with Gasteiger partial charge in [-0.05, 0) is 56.0 Å². The minimum atomic E-state index is -1.12. The van der Waals surface area contributed by atoms with E-state index in [4.69, 9.17) is 17.3 Å². The number of likely N-dealkylation sites (tertiary alicyclic amines) is 1. The molecular formula is C17H21ClN2O4. The monoisotopic (exact) mass is 352 g/mol. The van der Waals surface area contributed by atoms with E-state index in [0.29, 0.717) is 10.6 Å². The minimum Gasteiger partial charge on any atom is -0.385 e. The van der Waals surface area contributed by atoms with Crippen molar-refractivity contribution >= 4 is 23.7 Å². The summed E-state index contributed by atoms with van der Waals surface area (Å²) < 4.78 is 4.36. The van der Waals surface area contributed by atoms with Gasteiger partial charge in [0.1, 0.15) is 0 Å². The number of esters is 1. The van der Waals surface area contributed by atoms with Gasteiger partial charge in [-0.15, -0.1) is 0 Å². The van der Waals surface area contributed by atoms with E-state index in [9.17, 15) is 14.7 Å². The number of nitrogens with zero attached hydrogens (tertiary/aromatic N) is 1. The lowest BCUT2D eigenvalue weighted by Gasteiger charge is -2.42. The lowest BCUT2D eigenvalue weighted by Crippen LogP contribution is -2.45. The van der Waals surface area contributed by atoms with Crippen LogP contribution in [0.3, 0.4) is 0 Å². The van der Waals surface area contributed by atoms with Gasteiger partial charge >= 0.3 is 12.1 Å². The Hall–Kier alpha value is -1.63. The smallest absolute Gasteiger partial charge is 0.385 e. The molecule has 0 radical (unpaired) electrons. The predicted octanol–water partition coefficient (Wildman–Crippen LogP) is 2.16. The van der Waals surface area contributed by atoms with Crippen LogP contribution >= 0.6 is 11.6 Å². The van der Waals surface area contributed by atoms with Crippen LogP contribution in [0.25, 0.3) is 0 Å².